The smallest absolute Gasteiger partial charge is 0.407 e. The van der Waals surface area contributed by atoms with Gasteiger partial charge in [0.1, 0.15) is 5.60 Å². The van der Waals surface area contributed by atoms with Gasteiger partial charge in [0, 0.05) is 17.5 Å². The van der Waals surface area contributed by atoms with Gasteiger partial charge in [-0.05, 0) is 33.7 Å². The number of carbonyl (C=O) groups excluding carboxylic acids is 1. The normalized spacial score (nSPS) is 27.2. The average Bonchev–Trinajstić information content (AvgIpc) is 2.13. The number of carbonyl (C=O) groups is 1. The van der Waals surface area contributed by atoms with Crippen LogP contribution in [0.15, 0.2) is 0 Å². The van der Waals surface area contributed by atoms with E-state index in [9.17, 15) is 4.79 Å². The zero-order valence-corrected chi connectivity index (χ0v) is 11.9. The Morgan fingerprint density at radius 1 is 1.35 bits per heavy atom. The molecule has 0 aromatic carbocycles. The number of ether oxygens (including phenoxy) is 1. The zero-order chi connectivity index (χ0) is 13.3. The predicted octanol–water partition coefficient (Wildman–Crippen LogP) is 2.29. The molecule has 0 aliphatic heterocycles. The zero-order valence-electron chi connectivity index (χ0n) is 11.9. The van der Waals surface area contributed by atoms with Crippen molar-refractivity contribution in [3.8, 4) is 0 Å². The molecule has 4 heteroatoms. The summed E-state index contributed by atoms with van der Waals surface area (Å²) in [6.45, 7) is 13.0. The lowest BCUT2D eigenvalue weighted by Gasteiger charge is -2.52. The first-order chi connectivity index (χ1) is 7.66. The Morgan fingerprint density at radius 2 is 1.94 bits per heavy atom. The van der Waals surface area contributed by atoms with Gasteiger partial charge in [0.05, 0.1) is 0 Å². The molecular formula is C13H26N2O2. The first-order valence-corrected chi connectivity index (χ1v) is 6.39. The molecule has 100 valence electrons. The van der Waals surface area contributed by atoms with E-state index in [1.54, 1.807) is 0 Å². The number of hydrogen-bond donors (Lipinski definition) is 2. The van der Waals surface area contributed by atoms with E-state index in [1.807, 2.05) is 20.8 Å². The average molecular weight is 242 g/mol. The van der Waals surface area contributed by atoms with E-state index >= 15 is 0 Å². The molecular weight excluding hydrogens is 216 g/mol. The van der Waals surface area contributed by atoms with Crippen LogP contribution >= 0.6 is 0 Å². The number of amides is 1. The minimum Gasteiger partial charge on any atom is -0.444 e. The molecule has 1 aliphatic rings. The molecule has 0 spiro atoms. The van der Waals surface area contributed by atoms with Gasteiger partial charge in [-0.1, -0.05) is 20.8 Å². The predicted molar refractivity (Wildman–Crippen MR) is 69.0 cm³/mol. The Kier molecular flexibility index (Phi) is 4.07. The highest BCUT2D eigenvalue weighted by Gasteiger charge is 2.48. The van der Waals surface area contributed by atoms with Gasteiger partial charge < -0.3 is 15.4 Å². The fourth-order valence-electron chi connectivity index (χ4n) is 2.21. The first kappa shape index (κ1) is 14.3. The molecule has 0 saturated heterocycles. The quantitative estimate of drug-likeness (QED) is 0.798. The summed E-state index contributed by atoms with van der Waals surface area (Å²) in [5.41, 5.74) is -0.341. The van der Waals surface area contributed by atoms with Crippen molar-refractivity contribution in [1.82, 2.24) is 10.6 Å². The van der Waals surface area contributed by atoms with Gasteiger partial charge in [-0.2, -0.15) is 0 Å². The minimum absolute atomic E-state index is 0.0902. The lowest BCUT2D eigenvalue weighted by Crippen LogP contribution is -2.66. The van der Waals surface area contributed by atoms with Crippen LogP contribution in [0.3, 0.4) is 0 Å². The topological polar surface area (TPSA) is 50.4 Å². The van der Waals surface area contributed by atoms with Crippen molar-refractivity contribution in [1.29, 1.82) is 0 Å². The van der Waals surface area contributed by atoms with Crippen LogP contribution in [-0.4, -0.2) is 30.3 Å². The summed E-state index contributed by atoms with van der Waals surface area (Å²) >= 11 is 0. The number of hydrogen-bond acceptors (Lipinski definition) is 3. The van der Waals surface area contributed by atoms with E-state index in [2.05, 4.69) is 31.4 Å². The van der Waals surface area contributed by atoms with E-state index in [-0.39, 0.29) is 17.6 Å². The van der Waals surface area contributed by atoms with Crippen molar-refractivity contribution < 1.29 is 9.53 Å². The molecule has 2 unspecified atom stereocenters. The van der Waals surface area contributed by atoms with Crippen LogP contribution in [-0.2, 0) is 4.74 Å². The summed E-state index contributed by atoms with van der Waals surface area (Å²) in [5.74, 6) is 0. The van der Waals surface area contributed by atoms with Crippen molar-refractivity contribution in [2.75, 3.05) is 6.54 Å². The molecule has 1 aliphatic carbocycles. The molecule has 4 nitrogen and oxygen atoms in total. The van der Waals surface area contributed by atoms with Crippen LogP contribution < -0.4 is 10.6 Å². The molecule has 0 aromatic rings. The molecule has 0 radical (unpaired) electrons. The maximum Gasteiger partial charge on any atom is 0.407 e. The van der Waals surface area contributed by atoms with Gasteiger partial charge in [0.25, 0.3) is 0 Å². The Labute approximate surface area is 104 Å². The molecule has 1 amide bonds. The van der Waals surface area contributed by atoms with Crippen molar-refractivity contribution in [3.05, 3.63) is 0 Å². The fourth-order valence-corrected chi connectivity index (χ4v) is 2.21. The molecule has 0 heterocycles. The Hall–Kier alpha value is -0.770. The van der Waals surface area contributed by atoms with Crippen LogP contribution in [0.1, 0.15) is 48.0 Å². The highest BCUT2D eigenvalue weighted by molar-refractivity contribution is 5.68. The fraction of sp³-hybridized carbons (Fsp3) is 0.923. The van der Waals surface area contributed by atoms with E-state index in [1.165, 1.54) is 0 Å². The monoisotopic (exact) mass is 242 g/mol. The molecule has 2 atom stereocenters. The van der Waals surface area contributed by atoms with Gasteiger partial charge in [0.15, 0.2) is 0 Å². The molecule has 17 heavy (non-hydrogen) atoms. The van der Waals surface area contributed by atoms with E-state index < -0.39 is 5.60 Å². The third kappa shape index (κ3) is 3.60. The summed E-state index contributed by atoms with van der Waals surface area (Å²) in [6.07, 6.45) is 0.658. The first-order valence-electron chi connectivity index (χ1n) is 6.39. The summed E-state index contributed by atoms with van der Waals surface area (Å²) in [6, 6.07) is 0.675. The summed E-state index contributed by atoms with van der Waals surface area (Å²) < 4.78 is 5.26. The summed E-state index contributed by atoms with van der Waals surface area (Å²) in [5, 5.41) is 6.38. The molecule has 1 saturated carbocycles. The third-order valence-corrected chi connectivity index (χ3v) is 3.41. The number of alkyl carbamates (subject to hydrolysis) is 1. The standard InChI is InChI=1S/C13H26N2O2/c1-7-14-9-8-10(13(9,5)6)15-11(16)17-12(2,3)4/h9-10,14H,7-8H2,1-6H3,(H,15,16). The summed E-state index contributed by atoms with van der Waals surface area (Å²) in [4.78, 5) is 11.7. The van der Waals surface area contributed by atoms with Gasteiger partial charge in [-0.25, -0.2) is 4.79 Å². The maximum absolute atomic E-state index is 11.7. The lowest BCUT2D eigenvalue weighted by molar-refractivity contribution is 0.0172. The van der Waals surface area contributed by atoms with Gasteiger partial charge in [-0.15, -0.1) is 0 Å². The second-order valence-corrected chi connectivity index (χ2v) is 6.37. The van der Waals surface area contributed by atoms with Gasteiger partial charge >= 0.3 is 6.09 Å². The minimum atomic E-state index is -0.432. The van der Waals surface area contributed by atoms with Crippen molar-refractivity contribution in [3.63, 3.8) is 0 Å². The third-order valence-electron chi connectivity index (χ3n) is 3.41. The maximum atomic E-state index is 11.7. The largest absolute Gasteiger partial charge is 0.444 e. The lowest BCUT2D eigenvalue weighted by atomic mass is 9.63. The molecule has 1 fully saturated rings. The van der Waals surface area contributed by atoms with Crippen molar-refractivity contribution in [2.45, 2.75) is 65.6 Å². The van der Waals surface area contributed by atoms with Gasteiger partial charge in [0.2, 0.25) is 0 Å². The highest BCUT2D eigenvalue weighted by Crippen LogP contribution is 2.40. The second kappa shape index (κ2) is 4.84. The van der Waals surface area contributed by atoms with Crippen molar-refractivity contribution in [2.24, 2.45) is 5.41 Å². The van der Waals surface area contributed by atoms with Crippen molar-refractivity contribution >= 4 is 6.09 Å². The highest BCUT2D eigenvalue weighted by atomic mass is 16.6. The van der Waals surface area contributed by atoms with E-state index in [0.717, 1.165) is 13.0 Å². The van der Waals surface area contributed by atoms with Crippen LogP contribution in [0.4, 0.5) is 4.79 Å². The molecule has 0 aromatic heterocycles. The molecule has 1 rings (SSSR count). The number of rotatable bonds is 3. The molecule has 2 N–H and O–H groups in total. The van der Waals surface area contributed by atoms with Crippen LogP contribution in [0.5, 0.6) is 0 Å². The second-order valence-electron chi connectivity index (χ2n) is 6.37. The summed E-state index contributed by atoms with van der Waals surface area (Å²) in [7, 11) is 0. The van der Waals surface area contributed by atoms with Gasteiger partial charge in [-0.3, -0.25) is 0 Å². The van der Waals surface area contributed by atoms with Crippen LogP contribution in [0, 0.1) is 5.41 Å². The van der Waals surface area contributed by atoms with E-state index in [0.29, 0.717) is 6.04 Å². The Morgan fingerprint density at radius 3 is 2.35 bits per heavy atom. The van der Waals surface area contributed by atoms with E-state index in [4.69, 9.17) is 4.74 Å². The SMILES string of the molecule is CCNC1CC(NC(=O)OC(C)(C)C)C1(C)C. The van der Waals surface area contributed by atoms with Crippen LogP contribution in [0.2, 0.25) is 0 Å². The number of nitrogens with one attached hydrogen (secondary N) is 2. The Bertz CT molecular complexity index is 282. The Balaban J connectivity index is 2.42. The molecule has 0 bridgehead atoms. The van der Waals surface area contributed by atoms with Crippen LogP contribution in [0.25, 0.3) is 0 Å².